The number of rotatable bonds is 4. The Morgan fingerprint density at radius 3 is 2.74 bits per heavy atom. The summed E-state index contributed by atoms with van der Waals surface area (Å²) < 4.78 is 5.28. The Bertz CT molecular complexity index is 624. The molecule has 98 valence electrons. The van der Waals surface area contributed by atoms with Crippen molar-refractivity contribution in [3.63, 3.8) is 0 Å². The predicted molar refractivity (Wildman–Crippen MR) is 79.1 cm³/mol. The first-order valence-electron chi connectivity index (χ1n) is 6.28. The molecule has 0 fully saturated rings. The molecule has 3 heteroatoms. The highest BCUT2D eigenvalue weighted by atomic mass is 16.5. The fourth-order valence-electron chi connectivity index (χ4n) is 1.98. The predicted octanol–water partition coefficient (Wildman–Crippen LogP) is 4.19. The zero-order valence-electron chi connectivity index (χ0n) is 11.6. The molecule has 0 N–H and O–H groups in total. The van der Waals surface area contributed by atoms with E-state index in [1.807, 2.05) is 45.0 Å². The topological polar surface area (TPSA) is 38.4 Å². The van der Waals surface area contributed by atoms with Crippen LogP contribution in [0.25, 0.3) is 6.08 Å². The second kappa shape index (κ2) is 5.65. The van der Waals surface area contributed by atoms with Gasteiger partial charge in [0.1, 0.15) is 5.76 Å². The van der Waals surface area contributed by atoms with Crippen molar-refractivity contribution in [2.45, 2.75) is 27.2 Å². The molecule has 0 aliphatic carbocycles. The Kier molecular flexibility index (Phi) is 3.95. The summed E-state index contributed by atoms with van der Waals surface area (Å²) in [6.45, 7) is 9.63. The molecular formula is C16H18N2O. The molecule has 1 aromatic heterocycles. The molecule has 0 bridgehead atoms. The minimum atomic E-state index is 0.733. The van der Waals surface area contributed by atoms with Crippen LogP contribution < -0.4 is 0 Å². The minimum absolute atomic E-state index is 0.733. The molecule has 0 aliphatic rings. The average molecular weight is 254 g/mol. The maximum atomic E-state index is 5.28. The summed E-state index contributed by atoms with van der Waals surface area (Å²) in [5.41, 5.74) is 5.21. The van der Waals surface area contributed by atoms with E-state index in [0.717, 1.165) is 40.3 Å². The summed E-state index contributed by atoms with van der Waals surface area (Å²) in [6.07, 6.45) is 4.85. The largest absolute Gasteiger partial charge is 0.361 e. The van der Waals surface area contributed by atoms with Crippen molar-refractivity contribution in [3.8, 4) is 0 Å². The van der Waals surface area contributed by atoms with Crippen LogP contribution in [0.5, 0.6) is 0 Å². The highest BCUT2D eigenvalue weighted by Crippen LogP contribution is 2.24. The molecule has 0 saturated heterocycles. The minimum Gasteiger partial charge on any atom is -0.361 e. The summed E-state index contributed by atoms with van der Waals surface area (Å²) in [5.74, 6) is 0.912. The fourth-order valence-corrected chi connectivity index (χ4v) is 1.98. The second-order valence-corrected chi connectivity index (χ2v) is 4.59. The van der Waals surface area contributed by atoms with E-state index in [2.05, 4.69) is 22.9 Å². The smallest absolute Gasteiger partial charge is 0.143 e. The number of allylic oxidation sites excluding steroid dienone is 1. The highest BCUT2D eigenvalue weighted by molar-refractivity contribution is 5.68. The number of aryl methyl sites for hydroxylation is 2. The Labute approximate surface area is 113 Å². The van der Waals surface area contributed by atoms with Crippen LogP contribution >= 0.6 is 0 Å². The molecule has 1 aromatic carbocycles. The van der Waals surface area contributed by atoms with Crippen LogP contribution in [0.15, 0.2) is 33.8 Å². The van der Waals surface area contributed by atoms with E-state index in [0.29, 0.717) is 0 Å². The number of hydrogen-bond donors (Lipinski definition) is 0. The van der Waals surface area contributed by atoms with E-state index in [1.165, 1.54) is 0 Å². The molecule has 0 unspecified atom stereocenters. The van der Waals surface area contributed by atoms with Crippen LogP contribution in [0.3, 0.4) is 0 Å². The molecule has 0 aliphatic heterocycles. The third-order valence-electron chi connectivity index (χ3n) is 3.28. The molecule has 2 aromatic rings. The average Bonchev–Trinajstić information content (AvgIpc) is 2.71. The van der Waals surface area contributed by atoms with Gasteiger partial charge in [-0.05, 0) is 33.1 Å². The lowest BCUT2D eigenvalue weighted by molar-refractivity contribution is 0.386. The lowest BCUT2D eigenvalue weighted by Crippen LogP contribution is -1.83. The monoisotopic (exact) mass is 254 g/mol. The lowest BCUT2D eigenvalue weighted by Gasteiger charge is -2.03. The van der Waals surface area contributed by atoms with Crippen molar-refractivity contribution in [1.82, 2.24) is 5.16 Å². The van der Waals surface area contributed by atoms with Crippen LogP contribution in [0.1, 0.15) is 28.1 Å². The first-order valence-corrected chi connectivity index (χ1v) is 6.28. The van der Waals surface area contributed by atoms with Crippen molar-refractivity contribution in [1.29, 1.82) is 0 Å². The van der Waals surface area contributed by atoms with Gasteiger partial charge in [0, 0.05) is 17.5 Å². The molecule has 1 heterocycles. The van der Waals surface area contributed by atoms with Crippen molar-refractivity contribution in [3.05, 3.63) is 52.4 Å². The molecule has 0 saturated carbocycles. The Morgan fingerprint density at radius 2 is 2.11 bits per heavy atom. The van der Waals surface area contributed by atoms with E-state index in [4.69, 9.17) is 4.52 Å². The van der Waals surface area contributed by atoms with Gasteiger partial charge in [0.05, 0.1) is 11.4 Å². The van der Waals surface area contributed by atoms with Gasteiger partial charge in [0.15, 0.2) is 0 Å². The van der Waals surface area contributed by atoms with E-state index in [1.54, 1.807) is 0 Å². The van der Waals surface area contributed by atoms with Crippen LogP contribution in [0.4, 0.5) is 5.69 Å². The normalized spacial score (nSPS) is 11.1. The van der Waals surface area contributed by atoms with Gasteiger partial charge in [-0.25, -0.2) is 0 Å². The number of aromatic nitrogens is 1. The summed E-state index contributed by atoms with van der Waals surface area (Å²) in [4.78, 5) is 4.08. The molecule has 19 heavy (non-hydrogen) atoms. The van der Waals surface area contributed by atoms with Crippen LogP contribution in [-0.2, 0) is 6.42 Å². The Hall–Kier alpha value is -2.16. The maximum Gasteiger partial charge on any atom is 0.143 e. The highest BCUT2D eigenvalue weighted by Gasteiger charge is 2.06. The van der Waals surface area contributed by atoms with Gasteiger partial charge in [-0.1, -0.05) is 35.5 Å². The maximum absolute atomic E-state index is 5.28. The standard InChI is InChI=1S/C16H18N2O/c1-11-7-5-8-14(16(11)17-4)9-6-10-15-12(2)13(3)18-19-15/h5-9H,4,10H2,1-3H3. The number of para-hydroxylation sites is 1. The van der Waals surface area contributed by atoms with E-state index >= 15 is 0 Å². The second-order valence-electron chi connectivity index (χ2n) is 4.59. The zero-order chi connectivity index (χ0) is 13.8. The number of benzene rings is 1. The fraction of sp³-hybridized carbons (Fsp3) is 0.250. The van der Waals surface area contributed by atoms with Gasteiger partial charge >= 0.3 is 0 Å². The number of hydrogen-bond acceptors (Lipinski definition) is 3. The molecule has 2 rings (SSSR count). The molecular weight excluding hydrogens is 236 g/mol. The van der Waals surface area contributed by atoms with E-state index in [9.17, 15) is 0 Å². The Morgan fingerprint density at radius 1 is 1.32 bits per heavy atom. The molecule has 0 radical (unpaired) electrons. The van der Waals surface area contributed by atoms with Crippen LogP contribution in [0.2, 0.25) is 0 Å². The van der Waals surface area contributed by atoms with Gasteiger partial charge < -0.3 is 4.52 Å². The molecule has 0 amide bonds. The quantitative estimate of drug-likeness (QED) is 0.767. The molecule has 0 atom stereocenters. The third-order valence-corrected chi connectivity index (χ3v) is 3.28. The zero-order valence-corrected chi connectivity index (χ0v) is 11.6. The number of aliphatic imine (C=N–C) groups is 1. The van der Waals surface area contributed by atoms with Gasteiger partial charge in [-0.15, -0.1) is 0 Å². The van der Waals surface area contributed by atoms with Gasteiger partial charge in [0.2, 0.25) is 0 Å². The van der Waals surface area contributed by atoms with Crippen molar-refractivity contribution >= 4 is 18.5 Å². The number of nitrogens with zero attached hydrogens (tertiary/aromatic N) is 2. The molecule has 0 spiro atoms. The first kappa shape index (κ1) is 13.3. The summed E-state index contributed by atoms with van der Waals surface area (Å²) in [5, 5.41) is 3.95. The lowest BCUT2D eigenvalue weighted by atomic mass is 10.1. The van der Waals surface area contributed by atoms with E-state index in [-0.39, 0.29) is 0 Å². The van der Waals surface area contributed by atoms with Gasteiger partial charge in [-0.3, -0.25) is 4.99 Å². The molecule has 3 nitrogen and oxygen atoms in total. The van der Waals surface area contributed by atoms with Gasteiger partial charge in [0.25, 0.3) is 0 Å². The summed E-state index contributed by atoms with van der Waals surface area (Å²) >= 11 is 0. The Balaban J connectivity index is 2.18. The van der Waals surface area contributed by atoms with Crippen molar-refractivity contribution in [2.24, 2.45) is 4.99 Å². The van der Waals surface area contributed by atoms with Crippen molar-refractivity contribution < 1.29 is 4.52 Å². The summed E-state index contributed by atoms with van der Waals surface area (Å²) in [7, 11) is 0. The van der Waals surface area contributed by atoms with Crippen LogP contribution in [-0.4, -0.2) is 11.9 Å². The third kappa shape index (κ3) is 2.81. The van der Waals surface area contributed by atoms with E-state index < -0.39 is 0 Å². The van der Waals surface area contributed by atoms with Crippen LogP contribution in [0, 0.1) is 20.8 Å². The van der Waals surface area contributed by atoms with Gasteiger partial charge in [-0.2, -0.15) is 0 Å². The SMILES string of the molecule is C=Nc1c(C)cccc1C=CCc1onc(C)c1C. The van der Waals surface area contributed by atoms with Crippen molar-refractivity contribution in [2.75, 3.05) is 0 Å². The summed E-state index contributed by atoms with van der Waals surface area (Å²) in [6, 6.07) is 6.09. The first-order chi connectivity index (χ1) is 9.13.